The van der Waals surface area contributed by atoms with E-state index in [1.807, 2.05) is 24.3 Å². The van der Waals surface area contributed by atoms with E-state index >= 15 is 0 Å². The maximum Gasteiger partial charge on any atom is 0.264 e. The second kappa shape index (κ2) is 10.6. The van der Waals surface area contributed by atoms with Crippen molar-refractivity contribution in [2.24, 2.45) is 0 Å². The fourth-order valence-corrected chi connectivity index (χ4v) is 6.90. The van der Waals surface area contributed by atoms with Gasteiger partial charge in [-0.1, -0.05) is 35.9 Å². The molecular formula is C29H24ClN3O3S2. The molecule has 0 atom stereocenters. The molecule has 0 aliphatic heterocycles. The van der Waals surface area contributed by atoms with Gasteiger partial charge in [0.2, 0.25) is 5.91 Å². The van der Waals surface area contributed by atoms with Gasteiger partial charge in [-0.25, -0.2) is 13.4 Å². The Hall–Kier alpha value is -3.72. The first-order valence-electron chi connectivity index (χ1n) is 11.8. The minimum Gasteiger partial charge on any atom is -0.325 e. The second-order valence-electron chi connectivity index (χ2n) is 8.87. The Morgan fingerprint density at radius 2 is 1.68 bits per heavy atom. The molecule has 4 aromatic carbocycles. The van der Waals surface area contributed by atoms with E-state index in [0.717, 1.165) is 25.1 Å². The Labute approximate surface area is 230 Å². The van der Waals surface area contributed by atoms with Crippen LogP contribution in [0, 0.1) is 13.8 Å². The third-order valence-corrected chi connectivity index (χ3v) is 9.08. The summed E-state index contributed by atoms with van der Waals surface area (Å²) >= 11 is 7.71. The van der Waals surface area contributed by atoms with Crippen molar-refractivity contribution in [2.45, 2.75) is 18.7 Å². The summed E-state index contributed by atoms with van der Waals surface area (Å²) in [4.78, 5) is 17.9. The van der Waals surface area contributed by atoms with E-state index in [2.05, 4.69) is 18.3 Å². The van der Waals surface area contributed by atoms with Crippen molar-refractivity contribution in [3.63, 3.8) is 0 Å². The van der Waals surface area contributed by atoms with Crippen molar-refractivity contribution in [3.8, 4) is 10.6 Å². The Kier molecular flexibility index (Phi) is 7.21. The summed E-state index contributed by atoms with van der Waals surface area (Å²) in [7, 11) is -4.01. The molecule has 9 heteroatoms. The van der Waals surface area contributed by atoms with Crippen molar-refractivity contribution in [3.05, 3.63) is 107 Å². The van der Waals surface area contributed by atoms with Gasteiger partial charge in [0.05, 0.1) is 20.8 Å². The zero-order valence-electron chi connectivity index (χ0n) is 20.7. The number of amides is 1. The third-order valence-electron chi connectivity index (χ3n) is 6.01. The number of nitrogens with one attached hydrogen (secondary N) is 1. The Bertz CT molecular complexity index is 1730. The van der Waals surface area contributed by atoms with Crippen LogP contribution in [0.2, 0.25) is 5.02 Å². The number of aromatic nitrogens is 1. The number of sulfonamides is 1. The Balaban J connectivity index is 1.38. The molecule has 0 aliphatic carbocycles. The van der Waals surface area contributed by atoms with Crippen LogP contribution in [0.1, 0.15) is 11.1 Å². The summed E-state index contributed by atoms with van der Waals surface area (Å²) in [5.74, 6) is -0.470. The number of carbonyl (C=O) groups is 1. The number of benzene rings is 4. The molecule has 0 saturated carbocycles. The maximum absolute atomic E-state index is 13.6. The summed E-state index contributed by atoms with van der Waals surface area (Å²) < 4.78 is 29.4. The van der Waals surface area contributed by atoms with Gasteiger partial charge in [0.25, 0.3) is 10.0 Å². The predicted molar refractivity (Wildman–Crippen MR) is 156 cm³/mol. The van der Waals surface area contributed by atoms with Crippen molar-refractivity contribution in [2.75, 3.05) is 16.2 Å². The van der Waals surface area contributed by atoms with Crippen LogP contribution in [0.5, 0.6) is 0 Å². The lowest BCUT2D eigenvalue weighted by Gasteiger charge is -2.25. The van der Waals surface area contributed by atoms with Crippen LogP contribution in [0.15, 0.2) is 95.9 Å². The number of halogens is 1. The molecule has 1 heterocycles. The van der Waals surface area contributed by atoms with Crippen molar-refractivity contribution in [1.82, 2.24) is 4.98 Å². The lowest BCUT2D eigenvalue weighted by molar-refractivity contribution is -0.114. The van der Waals surface area contributed by atoms with Crippen LogP contribution in [-0.4, -0.2) is 25.9 Å². The SMILES string of the molecule is Cc1ccc2nc(-c3ccc(NC(=O)CN(c4ccc(Cl)cc4C)S(=O)(=O)c4ccccc4)cc3)sc2c1. The van der Waals surface area contributed by atoms with Gasteiger partial charge in [-0.3, -0.25) is 9.10 Å². The molecule has 5 aromatic rings. The smallest absolute Gasteiger partial charge is 0.264 e. The number of fused-ring (bicyclic) bond motifs is 1. The molecule has 5 rings (SSSR count). The van der Waals surface area contributed by atoms with Crippen molar-refractivity contribution in [1.29, 1.82) is 0 Å². The highest BCUT2D eigenvalue weighted by molar-refractivity contribution is 7.92. The highest BCUT2D eigenvalue weighted by Crippen LogP contribution is 2.32. The molecule has 1 amide bonds. The topological polar surface area (TPSA) is 79.4 Å². The van der Waals surface area contributed by atoms with Gasteiger partial charge in [0.1, 0.15) is 11.6 Å². The first-order chi connectivity index (χ1) is 18.2. The number of aryl methyl sites for hydroxylation is 2. The lowest BCUT2D eigenvalue weighted by Crippen LogP contribution is -2.38. The normalized spacial score (nSPS) is 11.4. The first-order valence-corrected chi connectivity index (χ1v) is 14.5. The zero-order valence-corrected chi connectivity index (χ0v) is 23.1. The number of hydrogen-bond acceptors (Lipinski definition) is 5. The molecular weight excluding hydrogens is 538 g/mol. The van der Waals surface area contributed by atoms with Crippen LogP contribution < -0.4 is 9.62 Å². The molecule has 0 bridgehead atoms. The Morgan fingerprint density at radius 3 is 2.39 bits per heavy atom. The standard InChI is InChI=1S/C29H24ClN3O3S2/c1-19-8-14-25-27(16-19)37-29(32-25)21-9-12-23(13-10-21)31-28(34)18-33(26-15-11-22(30)17-20(26)2)38(35,36)24-6-4-3-5-7-24/h3-17H,18H2,1-2H3,(H,31,34). The highest BCUT2D eigenvalue weighted by Gasteiger charge is 2.28. The van der Waals surface area contributed by atoms with Crippen LogP contribution in [-0.2, 0) is 14.8 Å². The minimum atomic E-state index is -4.01. The van der Waals surface area contributed by atoms with E-state index in [1.165, 1.54) is 17.7 Å². The Morgan fingerprint density at radius 1 is 0.947 bits per heavy atom. The molecule has 0 radical (unpaired) electrons. The summed E-state index contributed by atoms with van der Waals surface area (Å²) in [5.41, 5.74) is 4.65. The van der Waals surface area contributed by atoms with E-state index in [1.54, 1.807) is 66.8 Å². The van der Waals surface area contributed by atoms with E-state index in [9.17, 15) is 13.2 Å². The van der Waals surface area contributed by atoms with Gasteiger partial charge in [0.15, 0.2) is 0 Å². The fourth-order valence-electron chi connectivity index (χ4n) is 4.10. The van der Waals surface area contributed by atoms with Gasteiger partial charge in [-0.2, -0.15) is 0 Å². The number of rotatable bonds is 7. The van der Waals surface area contributed by atoms with Crippen molar-refractivity contribution < 1.29 is 13.2 Å². The number of nitrogens with zero attached hydrogens (tertiary/aromatic N) is 2. The number of carbonyl (C=O) groups excluding carboxylic acids is 1. The molecule has 1 aromatic heterocycles. The number of anilines is 2. The van der Waals surface area contributed by atoms with Gasteiger partial charge in [-0.05, 0) is 91.7 Å². The van der Waals surface area contributed by atoms with Gasteiger partial charge in [0, 0.05) is 16.3 Å². The summed E-state index contributed by atoms with van der Waals surface area (Å²) in [6.07, 6.45) is 0. The van der Waals surface area contributed by atoms with Gasteiger partial charge in [-0.15, -0.1) is 11.3 Å². The second-order valence-corrected chi connectivity index (χ2v) is 12.2. The average Bonchev–Trinajstić information content (AvgIpc) is 3.32. The van der Waals surface area contributed by atoms with Gasteiger partial charge < -0.3 is 5.32 Å². The van der Waals surface area contributed by atoms with E-state index in [0.29, 0.717) is 22.0 Å². The fraction of sp³-hybridized carbons (Fsp3) is 0.103. The predicted octanol–water partition coefficient (Wildman–Crippen LogP) is 7.07. The van der Waals surface area contributed by atoms with E-state index < -0.39 is 22.5 Å². The molecule has 0 spiro atoms. The minimum absolute atomic E-state index is 0.0949. The maximum atomic E-state index is 13.6. The summed E-state index contributed by atoms with van der Waals surface area (Å²) in [6, 6.07) is 26.5. The molecule has 38 heavy (non-hydrogen) atoms. The molecule has 0 aliphatic rings. The number of hydrogen-bond donors (Lipinski definition) is 1. The largest absolute Gasteiger partial charge is 0.325 e. The monoisotopic (exact) mass is 561 g/mol. The third kappa shape index (κ3) is 5.43. The van der Waals surface area contributed by atoms with Gasteiger partial charge >= 0.3 is 0 Å². The van der Waals surface area contributed by atoms with Crippen LogP contribution in [0.3, 0.4) is 0 Å². The molecule has 6 nitrogen and oxygen atoms in total. The van der Waals surface area contributed by atoms with Crippen molar-refractivity contribution >= 4 is 60.5 Å². The molecule has 0 unspecified atom stereocenters. The summed E-state index contributed by atoms with van der Waals surface area (Å²) in [6.45, 7) is 3.41. The number of thiazole rings is 1. The highest BCUT2D eigenvalue weighted by atomic mass is 35.5. The lowest BCUT2D eigenvalue weighted by atomic mass is 10.2. The molecule has 0 fully saturated rings. The quantitative estimate of drug-likeness (QED) is 0.230. The molecule has 0 saturated heterocycles. The molecule has 1 N–H and O–H groups in total. The van der Waals surface area contributed by atoms with E-state index in [-0.39, 0.29) is 4.90 Å². The van der Waals surface area contributed by atoms with Crippen LogP contribution >= 0.6 is 22.9 Å². The molecule has 192 valence electrons. The summed E-state index contributed by atoms with van der Waals surface area (Å²) in [5, 5.41) is 4.19. The zero-order chi connectivity index (χ0) is 26.9. The first kappa shape index (κ1) is 25.9. The van der Waals surface area contributed by atoms with E-state index in [4.69, 9.17) is 16.6 Å². The van der Waals surface area contributed by atoms with Crippen LogP contribution in [0.4, 0.5) is 11.4 Å². The van der Waals surface area contributed by atoms with Crippen LogP contribution in [0.25, 0.3) is 20.8 Å². The average molecular weight is 562 g/mol.